The molecule has 0 aliphatic rings. The first kappa shape index (κ1) is 26.3. The van der Waals surface area contributed by atoms with Gasteiger partial charge in [-0.2, -0.15) is 0 Å². The van der Waals surface area contributed by atoms with Gasteiger partial charge in [0.2, 0.25) is 0 Å². The topological polar surface area (TPSA) is 120 Å². The molecular weight excluding hydrogens is 400 g/mol. The number of ether oxygens (including phenoxy) is 2. The largest absolute Gasteiger partial charge is 0.462 e. The summed E-state index contributed by atoms with van der Waals surface area (Å²) in [6, 6.07) is 1.70. The quantitative estimate of drug-likeness (QED) is 0.217. The monoisotopic (exact) mass is 434 g/mol. The fourth-order valence-electron chi connectivity index (χ4n) is 2.72. The zero-order chi connectivity index (χ0) is 21.8. The van der Waals surface area contributed by atoms with Crippen molar-refractivity contribution in [1.82, 2.24) is 10.6 Å². The molecule has 0 unspecified atom stereocenters. The number of hydrogen-bond acceptors (Lipinski definition) is 7. The minimum atomic E-state index is -1.93. The molecule has 0 rings (SSSR count). The van der Waals surface area contributed by atoms with Gasteiger partial charge in [0.15, 0.2) is 16.6 Å². The van der Waals surface area contributed by atoms with Gasteiger partial charge in [0.05, 0.1) is 13.7 Å². The van der Waals surface area contributed by atoms with Gasteiger partial charge in [-0.15, -0.1) is 0 Å². The van der Waals surface area contributed by atoms with E-state index < -0.39 is 40.4 Å². The third-order valence-electron chi connectivity index (χ3n) is 3.87. The Balaban J connectivity index is 4.17. The number of hydrogen-bond donors (Lipinski definition) is 2. The standard InChI is InChI=1S/C17H34N2O7Si2/c1-7-25-17(23)15(21)19-11-9-13-28(5,6)26-27(3,4)12-8-10-18-14(20)16(22)24-2/h7-13H2,1-6H3,(H,18,20)(H,19,21). The molecule has 0 heterocycles. The molecular formula is C17H34N2O7Si2. The summed E-state index contributed by atoms with van der Waals surface area (Å²) in [7, 11) is -2.68. The Labute approximate surface area is 169 Å². The Kier molecular flexibility index (Phi) is 11.9. The Morgan fingerprint density at radius 1 is 0.786 bits per heavy atom. The van der Waals surface area contributed by atoms with E-state index in [1.54, 1.807) is 6.92 Å². The second-order valence-corrected chi connectivity index (χ2v) is 16.4. The van der Waals surface area contributed by atoms with Gasteiger partial charge >= 0.3 is 23.8 Å². The maximum Gasteiger partial charge on any atom is 0.396 e. The van der Waals surface area contributed by atoms with Crippen LogP contribution in [-0.2, 0) is 32.8 Å². The SMILES string of the molecule is CCOC(=O)C(=O)NCCC[Si](C)(C)O[Si](C)(C)CCCNC(=O)C(=O)OC. The van der Waals surface area contributed by atoms with E-state index in [4.69, 9.17) is 4.12 Å². The Morgan fingerprint density at radius 3 is 1.61 bits per heavy atom. The summed E-state index contributed by atoms with van der Waals surface area (Å²) in [4.78, 5) is 45.1. The summed E-state index contributed by atoms with van der Waals surface area (Å²) in [6.45, 7) is 11.1. The molecule has 11 heteroatoms. The van der Waals surface area contributed by atoms with Crippen LogP contribution in [-0.4, -0.2) is 67.2 Å². The average molecular weight is 435 g/mol. The molecule has 2 amide bonds. The Morgan fingerprint density at radius 2 is 1.21 bits per heavy atom. The van der Waals surface area contributed by atoms with Gasteiger partial charge in [0.1, 0.15) is 0 Å². The molecule has 0 aliphatic carbocycles. The molecule has 0 spiro atoms. The van der Waals surface area contributed by atoms with Crippen molar-refractivity contribution in [3.63, 3.8) is 0 Å². The number of esters is 2. The van der Waals surface area contributed by atoms with Crippen LogP contribution in [0.3, 0.4) is 0 Å². The molecule has 2 N–H and O–H groups in total. The van der Waals surface area contributed by atoms with Gasteiger partial charge in [-0.25, -0.2) is 9.59 Å². The van der Waals surface area contributed by atoms with E-state index in [0.29, 0.717) is 13.1 Å². The molecule has 162 valence electrons. The highest BCUT2D eigenvalue weighted by Gasteiger charge is 2.32. The van der Waals surface area contributed by atoms with Crippen LogP contribution in [0.5, 0.6) is 0 Å². The van der Waals surface area contributed by atoms with Crippen LogP contribution in [0, 0.1) is 0 Å². The minimum Gasteiger partial charge on any atom is -0.462 e. The van der Waals surface area contributed by atoms with Crippen LogP contribution >= 0.6 is 0 Å². The summed E-state index contributed by atoms with van der Waals surface area (Å²) in [6.07, 6.45) is 1.45. The summed E-state index contributed by atoms with van der Waals surface area (Å²) < 4.78 is 15.4. The summed E-state index contributed by atoms with van der Waals surface area (Å²) in [5.41, 5.74) is 0. The van der Waals surface area contributed by atoms with Crippen molar-refractivity contribution in [2.24, 2.45) is 0 Å². The van der Waals surface area contributed by atoms with E-state index in [2.05, 4.69) is 46.3 Å². The second-order valence-electron chi connectivity index (χ2n) is 7.55. The van der Waals surface area contributed by atoms with Crippen molar-refractivity contribution in [3.05, 3.63) is 0 Å². The van der Waals surface area contributed by atoms with Crippen LogP contribution in [0.2, 0.25) is 38.3 Å². The van der Waals surface area contributed by atoms with Gasteiger partial charge in [-0.3, -0.25) is 9.59 Å². The average Bonchev–Trinajstić information content (AvgIpc) is 2.60. The number of carbonyl (C=O) groups excluding carboxylic acids is 4. The first-order valence-electron chi connectivity index (χ1n) is 9.45. The number of rotatable bonds is 11. The zero-order valence-electron chi connectivity index (χ0n) is 17.8. The van der Waals surface area contributed by atoms with E-state index in [1.165, 1.54) is 7.11 Å². The van der Waals surface area contributed by atoms with Gasteiger partial charge in [-0.1, -0.05) is 0 Å². The maximum absolute atomic E-state index is 11.5. The van der Waals surface area contributed by atoms with Crippen molar-refractivity contribution in [1.29, 1.82) is 0 Å². The van der Waals surface area contributed by atoms with E-state index >= 15 is 0 Å². The molecule has 0 aromatic carbocycles. The Hall–Kier alpha value is -1.73. The van der Waals surface area contributed by atoms with Gasteiger partial charge in [0.25, 0.3) is 0 Å². The first-order valence-corrected chi connectivity index (χ1v) is 15.7. The highest BCUT2D eigenvalue weighted by Crippen LogP contribution is 2.23. The first-order chi connectivity index (χ1) is 12.9. The number of carbonyl (C=O) groups is 4. The Bertz CT molecular complexity index is 554. The van der Waals surface area contributed by atoms with Crippen molar-refractivity contribution >= 4 is 40.4 Å². The molecule has 0 saturated carbocycles. The lowest BCUT2D eigenvalue weighted by Crippen LogP contribution is -2.45. The lowest BCUT2D eigenvalue weighted by molar-refractivity contribution is -0.154. The molecule has 0 aromatic heterocycles. The highest BCUT2D eigenvalue weighted by molar-refractivity contribution is 6.84. The molecule has 0 bridgehead atoms. The van der Waals surface area contributed by atoms with Crippen molar-refractivity contribution in [2.75, 3.05) is 26.8 Å². The lowest BCUT2D eigenvalue weighted by Gasteiger charge is -2.34. The normalized spacial score (nSPS) is 11.5. The van der Waals surface area contributed by atoms with Gasteiger partial charge < -0.3 is 24.2 Å². The van der Waals surface area contributed by atoms with Crippen molar-refractivity contribution in [3.8, 4) is 0 Å². The second kappa shape index (κ2) is 12.7. The summed E-state index contributed by atoms with van der Waals surface area (Å²) >= 11 is 0. The van der Waals surface area contributed by atoms with Crippen LogP contribution < -0.4 is 10.6 Å². The molecule has 0 radical (unpaired) electrons. The van der Waals surface area contributed by atoms with Crippen LogP contribution in [0.15, 0.2) is 0 Å². The fourth-order valence-corrected chi connectivity index (χ4v) is 11.6. The molecule has 0 aromatic rings. The van der Waals surface area contributed by atoms with Crippen LogP contribution in [0.25, 0.3) is 0 Å². The van der Waals surface area contributed by atoms with Crippen molar-refractivity contribution < 1.29 is 32.8 Å². The molecule has 9 nitrogen and oxygen atoms in total. The number of nitrogens with one attached hydrogen (secondary N) is 2. The molecule has 0 aliphatic heterocycles. The van der Waals surface area contributed by atoms with Gasteiger partial charge in [0, 0.05) is 13.1 Å². The summed E-state index contributed by atoms with van der Waals surface area (Å²) in [5.74, 6) is -3.20. The van der Waals surface area contributed by atoms with Crippen LogP contribution in [0.1, 0.15) is 19.8 Å². The summed E-state index contributed by atoms with van der Waals surface area (Å²) in [5, 5.41) is 5.08. The third-order valence-corrected chi connectivity index (χ3v) is 11.4. The minimum absolute atomic E-state index is 0.173. The van der Waals surface area contributed by atoms with Crippen LogP contribution in [0.4, 0.5) is 0 Å². The predicted octanol–water partition coefficient (Wildman–Crippen LogP) is 1.16. The highest BCUT2D eigenvalue weighted by atomic mass is 28.4. The third kappa shape index (κ3) is 11.9. The molecule has 0 fully saturated rings. The molecule has 0 atom stereocenters. The predicted molar refractivity (Wildman–Crippen MR) is 110 cm³/mol. The van der Waals surface area contributed by atoms with E-state index in [1.807, 2.05) is 0 Å². The van der Waals surface area contributed by atoms with E-state index in [0.717, 1.165) is 24.9 Å². The fraction of sp³-hybridized carbons (Fsp3) is 0.765. The van der Waals surface area contributed by atoms with Gasteiger partial charge in [-0.05, 0) is 58.0 Å². The van der Waals surface area contributed by atoms with Crippen molar-refractivity contribution in [2.45, 2.75) is 58.0 Å². The lowest BCUT2D eigenvalue weighted by atomic mass is 10.4. The number of methoxy groups -OCH3 is 1. The number of amides is 2. The molecule has 0 saturated heterocycles. The zero-order valence-corrected chi connectivity index (χ0v) is 19.8. The maximum atomic E-state index is 11.5. The molecule has 28 heavy (non-hydrogen) atoms. The smallest absolute Gasteiger partial charge is 0.396 e. The van der Waals surface area contributed by atoms with E-state index in [-0.39, 0.29) is 6.61 Å². The van der Waals surface area contributed by atoms with E-state index in [9.17, 15) is 19.2 Å².